The van der Waals surface area contributed by atoms with Crippen LogP contribution >= 0.6 is 0 Å². The summed E-state index contributed by atoms with van der Waals surface area (Å²) in [7, 11) is 0. The SMILES string of the molecule is OCCc1conc1-c1ccncc1. The molecular weight excluding hydrogens is 180 g/mol. The van der Waals surface area contributed by atoms with Crippen LogP contribution in [0.2, 0.25) is 0 Å². The van der Waals surface area contributed by atoms with E-state index in [1.54, 1.807) is 18.7 Å². The molecule has 0 unspecified atom stereocenters. The molecule has 72 valence electrons. The molecule has 1 N–H and O–H groups in total. The number of nitrogens with zero attached hydrogens (tertiary/aromatic N) is 2. The van der Waals surface area contributed by atoms with Crippen LogP contribution in [-0.2, 0) is 6.42 Å². The molecule has 0 saturated heterocycles. The summed E-state index contributed by atoms with van der Waals surface area (Å²) in [4.78, 5) is 3.92. The van der Waals surface area contributed by atoms with Crippen LogP contribution in [0, 0.1) is 0 Å². The zero-order chi connectivity index (χ0) is 9.80. The van der Waals surface area contributed by atoms with Crippen molar-refractivity contribution in [2.45, 2.75) is 6.42 Å². The summed E-state index contributed by atoms with van der Waals surface area (Å²) in [5, 5.41) is 12.7. The molecule has 0 aliphatic rings. The first kappa shape index (κ1) is 8.90. The Morgan fingerprint density at radius 2 is 2.07 bits per heavy atom. The third-order valence-corrected chi connectivity index (χ3v) is 1.98. The van der Waals surface area contributed by atoms with Crippen molar-refractivity contribution in [3.8, 4) is 11.3 Å². The molecule has 0 radical (unpaired) electrons. The lowest BCUT2D eigenvalue weighted by atomic mass is 10.1. The Morgan fingerprint density at radius 3 is 2.79 bits per heavy atom. The van der Waals surface area contributed by atoms with Gasteiger partial charge >= 0.3 is 0 Å². The van der Waals surface area contributed by atoms with Gasteiger partial charge in [-0.05, 0) is 12.1 Å². The van der Waals surface area contributed by atoms with Crippen molar-refractivity contribution in [1.29, 1.82) is 0 Å². The van der Waals surface area contributed by atoms with E-state index >= 15 is 0 Å². The Hall–Kier alpha value is -1.68. The standard InChI is InChI=1S/C10H10N2O2/c13-6-3-9-7-14-12-10(9)8-1-4-11-5-2-8/h1-2,4-5,7,13H,3,6H2. The average molecular weight is 190 g/mol. The highest BCUT2D eigenvalue weighted by atomic mass is 16.5. The van der Waals surface area contributed by atoms with E-state index in [2.05, 4.69) is 10.1 Å². The van der Waals surface area contributed by atoms with Crippen molar-refractivity contribution in [2.24, 2.45) is 0 Å². The van der Waals surface area contributed by atoms with Crippen LogP contribution in [0.5, 0.6) is 0 Å². The van der Waals surface area contributed by atoms with Crippen molar-refractivity contribution < 1.29 is 9.63 Å². The number of rotatable bonds is 3. The molecule has 0 aromatic carbocycles. The second-order valence-corrected chi connectivity index (χ2v) is 2.90. The molecule has 2 rings (SSSR count). The van der Waals surface area contributed by atoms with Crippen LogP contribution in [-0.4, -0.2) is 21.9 Å². The number of aromatic nitrogens is 2. The molecule has 4 heteroatoms. The quantitative estimate of drug-likeness (QED) is 0.791. The minimum Gasteiger partial charge on any atom is -0.396 e. The first-order valence-corrected chi connectivity index (χ1v) is 4.36. The van der Waals surface area contributed by atoms with Crippen LogP contribution in [0.3, 0.4) is 0 Å². The average Bonchev–Trinajstić information content (AvgIpc) is 2.68. The molecule has 14 heavy (non-hydrogen) atoms. The Balaban J connectivity index is 2.37. The van der Waals surface area contributed by atoms with Crippen LogP contribution in [0.25, 0.3) is 11.3 Å². The minimum atomic E-state index is 0.0965. The second-order valence-electron chi connectivity index (χ2n) is 2.90. The summed E-state index contributed by atoms with van der Waals surface area (Å²) >= 11 is 0. The summed E-state index contributed by atoms with van der Waals surface area (Å²) in [6.45, 7) is 0.0965. The molecule has 2 heterocycles. The smallest absolute Gasteiger partial charge is 0.127 e. The van der Waals surface area contributed by atoms with Gasteiger partial charge in [-0.15, -0.1) is 0 Å². The zero-order valence-corrected chi connectivity index (χ0v) is 7.55. The Bertz CT molecular complexity index is 398. The molecule has 0 saturated carbocycles. The molecule has 0 aliphatic heterocycles. The van der Waals surface area contributed by atoms with Crippen LogP contribution < -0.4 is 0 Å². The molecule has 0 spiro atoms. The van der Waals surface area contributed by atoms with E-state index < -0.39 is 0 Å². The van der Waals surface area contributed by atoms with Gasteiger partial charge in [-0.25, -0.2) is 0 Å². The monoisotopic (exact) mass is 190 g/mol. The first-order chi connectivity index (χ1) is 6.92. The van der Waals surface area contributed by atoms with Crippen molar-refractivity contribution in [1.82, 2.24) is 10.1 Å². The lowest BCUT2D eigenvalue weighted by molar-refractivity contribution is 0.299. The molecule has 4 nitrogen and oxygen atoms in total. The Morgan fingerprint density at radius 1 is 1.29 bits per heavy atom. The van der Waals surface area contributed by atoms with Gasteiger partial charge in [-0.3, -0.25) is 4.98 Å². The molecule has 0 atom stereocenters. The summed E-state index contributed by atoms with van der Waals surface area (Å²) in [6.07, 6.45) is 5.52. The van der Waals surface area contributed by atoms with E-state index in [1.165, 1.54) is 0 Å². The number of aliphatic hydroxyl groups excluding tert-OH is 1. The molecule has 0 bridgehead atoms. The number of hydrogen-bond acceptors (Lipinski definition) is 4. The lowest BCUT2D eigenvalue weighted by Crippen LogP contribution is -1.91. The van der Waals surface area contributed by atoms with E-state index in [0.717, 1.165) is 16.8 Å². The van der Waals surface area contributed by atoms with E-state index in [9.17, 15) is 0 Å². The maximum Gasteiger partial charge on any atom is 0.127 e. The Kier molecular flexibility index (Phi) is 2.55. The topological polar surface area (TPSA) is 59.2 Å². The minimum absolute atomic E-state index is 0.0965. The van der Waals surface area contributed by atoms with Gasteiger partial charge in [-0.2, -0.15) is 0 Å². The fraction of sp³-hybridized carbons (Fsp3) is 0.200. The van der Waals surface area contributed by atoms with Gasteiger partial charge in [0.2, 0.25) is 0 Å². The van der Waals surface area contributed by atoms with Gasteiger partial charge in [0.05, 0.1) is 0 Å². The molecule has 2 aromatic rings. The van der Waals surface area contributed by atoms with Gasteiger partial charge in [0.15, 0.2) is 0 Å². The van der Waals surface area contributed by atoms with E-state index in [0.29, 0.717) is 6.42 Å². The van der Waals surface area contributed by atoms with Crippen molar-refractivity contribution in [2.75, 3.05) is 6.61 Å². The second kappa shape index (κ2) is 4.02. The number of pyridine rings is 1. The third kappa shape index (κ3) is 1.65. The highest BCUT2D eigenvalue weighted by Gasteiger charge is 2.08. The highest BCUT2D eigenvalue weighted by molar-refractivity contribution is 5.61. The molecule has 0 fully saturated rings. The van der Waals surface area contributed by atoms with Crippen molar-refractivity contribution >= 4 is 0 Å². The highest BCUT2D eigenvalue weighted by Crippen LogP contribution is 2.21. The van der Waals surface area contributed by atoms with Crippen molar-refractivity contribution in [3.05, 3.63) is 36.4 Å². The molecule has 0 amide bonds. The van der Waals surface area contributed by atoms with Gasteiger partial charge < -0.3 is 9.63 Å². The fourth-order valence-corrected chi connectivity index (χ4v) is 1.30. The van der Waals surface area contributed by atoms with Crippen LogP contribution in [0.1, 0.15) is 5.56 Å². The fourth-order valence-electron chi connectivity index (χ4n) is 1.30. The summed E-state index contributed by atoms with van der Waals surface area (Å²) in [5.41, 5.74) is 2.65. The molecular formula is C10H10N2O2. The number of aliphatic hydroxyl groups is 1. The zero-order valence-electron chi connectivity index (χ0n) is 7.55. The van der Waals surface area contributed by atoms with Crippen LogP contribution in [0.4, 0.5) is 0 Å². The predicted octanol–water partition coefficient (Wildman–Crippen LogP) is 1.27. The third-order valence-electron chi connectivity index (χ3n) is 1.98. The van der Waals surface area contributed by atoms with E-state index in [-0.39, 0.29) is 6.61 Å². The van der Waals surface area contributed by atoms with Gasteiger partial charge in [0, 0.05) is 36.5 Å². The van der Waals surface area contributed by atoms with Crippen molar-refractivity contribution in [3.63, 3.8) is 0 Å². The van der Waals surface area contributed by atoms with Crippen LogP contribution in [0.15, 0.2) is 35.3 Å². The maximum atomic E-state index is 8.83. The predicted molar refractivity (Wildman–Crippen MR) is 50.5 cm³/mol. The maximum absolute atomic E-state index is 8.83. The normalized spacial score (nSPS) is 10.4. The largest absolute Gasteiger partial charge is 0.396 e. The van der Waals surface area contributed by atoms with Gasteiger partial charge in [0.25, 0.3) is 0 Å². The van der Waals surface area contributed by atoms with Gasteiger partial charge in [0.1, 0.15) is 12.0 Å². The summed E-state index contributed by atoms with van der Waals surface area (Å²) < 4.78 is 4.87. The first-order valence-electron chi connectivity index (χ1n) is 4.36. The Labute approximate surface area is 81.2 Å². The molecule has 0 aliphatic carbocycles. The summed E-state index contributed by atoms with van der Waals surface area (Å²) in [5.74, 6) is 0. The molecule has 2 aromatic heterocycles. The number of hydrogen-bond donors (Lipinski definition) is 1. The van der Waals surface area contributed by atoms with E-state index in [1.807, 2.05) is 12.1 Å². The van der Waals surface area contributed by atoms with Gasteiger partial charge in [-0.1, -0.05) is 5.16 Å². The summed E-state index contributed by atoms with van der Waals surface area (Å²) in [6, 6.07) is 3.72. The lowest BCUT2D eigenvalue weighted by Gasteiger charge is -1.97. The van der Waals surface area contributed by atoms with E-state index in [4.69, 9.17) is 9.63 Å².